The molecule has 9 heteroatoms. The number of pyridine rings is 2. The minimum atomic E-state index is -5.17. The smallest absolute Gasteiger partial charge is 0.240 e. The van der Waals surface area contributed by atoms with Gasteiger partial charge in [0.05, 0.1) is 0 Å². The molecule has 0 aliphatic heterocycles. The number of aryl methyl sites for hydroxylation is 2. The lowest BCUT2D eigenvalue weighted by Crippen LogP contribution is -2.29. The second kappa shape index (κ2) is 18.1. The van der Waals surface area contributed by atoms with Crippen LogP contribution < -0.4 is 9.13 Å². The number of aromatic nitrogens is 2. The normalized spacial score (nSPS) is 11.0. The molecule has 0 amide bonds. The van der Waals surface area contributed by atoms with Crippen LogP contribution >= 0.6 is 23.5 Å². The maximum atomic E-state index is 8.52. The Bertz CT molecular complexity index is 1310. The van der Waals surface area contributed by atoms with Gasteiger partial charge in [-0.15, -0.1) is 0 Å². The van der Waals surface area contributed by atoms with Gasteiger partial charge in [0.25, 0.3) is 0 Å². The summed E-state index contributed by atoms with van der Waals surface area (Å²) in [5.74, 6) is 1.99. The molecule has 0 saturated carbocycles. The van der Waals surface area contributed by atoms with Crippen LogP contribution in [-0.4, -0.2) is 29.0 Å². The van der Waals surface area contributed by atoms with E-state index in [9.17, 15) is 0 Å². The van der Waals surface area contributed by atoms with Crippen LogP contribution in [0.5, 0.6) is 0 Å². The van der Waals surface area contributed by atoms with Crippen LogP contribution in [0.4, 0.5) is 0 Å². The third-order valence-electron chi connectivity index (χ3n) is 4.89. The number of benzene rings is 2. The number of hydrogen-bond donors (Lipinski definition) is 0. The van der Waals surface area contributed by atoms with Gasteiger partial charge in [-0.25, -0.2) is 0 Å². The van der Waals surface area contributed by atoms with Crippen LogP contribution in [0.15, 0.2) is 132 Å². The van der Waals surface area contributed by atoms with Crippen molar-refractivity contribution in [1.82, 2.24) is 0 Å². The summed E-state index contributed by atoms with van der Waals surface area (Å²) < 4.78 is 38.4. The predicted molar refractivity (Wildman–Crippen MR) is 158 cm³/mol. The predicted octanol–water partition coefficient (Wildman–Crippen LogP) is 5.30. The lowest BCUT2D eigenvalue weighted by atomic mass is 10.2. The maximum absolute atomic E-state index is 8.52. The van der Waals surface area contributed by atoms with E-state index < -0.39 is 10.4 Å². The minimum absolute atomic E-state index is 0.993. The number of thioether (sulfide) groups is 2. The van der Waals surface area contributed by atoms with Crippen LogP contribution in [-0.2, 0) is 24.5 Å². The summed E-state index contributed by atoms with van der Waals surface area (Å²) in [4.78, 5) is 0. The van der Waals surface area contributed by atoms with Gasteiger partial charge in [0.1, 0.15) is 14.1 Å². The molecule has 0 radical (unpaired) electrons. The molecule has 0 aliphatic rings. The van der Waals surface area contributed by atoms with Crippen molar-refractivity contribution in [3.63, 3.8) is 0 Å². The van der Waals surface area contributed by atoms with Gasteiger partial charge < -0.3 is 9.11 Å². The Kier molecular flexibility index (Phi) is 14.9. The van der Waals surface area contributed by atoms with E-state index in [2.05, 4.69) is 133 Å². The molecule has 0 N–H and O–H groups in total. The van der Waals surface area contributed by atoms with E-state index in [0.29, 0.717) is 0 Å². The summed E-state index contributed by atoms with van der Waals surface area (Å²) >= 11 is 3.68. The van der Waals surface area contributed by atoms with E-state index >= 15 is 0 Å². The molecule has 0 aliphatic carbocycles. The fourth-order valence-electron chi connectivity index (χ4n) is 3.08. The highest BCUT2D eigenvalue weighted by Crippen LogP contribution is 2.14. The molecule has 39 heavy (non-hydrogen) atoms. The number of nitrogens with zero attached hydrogens (tertiary/aromatic N) is 2. The molecule has 204 valence electrons. The molecule has 0 unspecified atom stereocenters. The molecule has 0 spiro atoms. The Balaban J connectivity index is 0.000000234. The van der Waals surface area contributed by atoms with Gasteiger partial charge in [0.15, 0.2) is 12.4 Å². The summed E-state index contributed by atoms with van der Waals surface area (Å²) in [6.45, 7) is 0. The highest BCUT2D eigenvalue weighted by molar-refractivity contribution is 7.99. The zero-order valence-corrected chi connectivity index (χ0v) is 24.3. The van der Waals surface area contributed by atoms with Gasteiger partial charge in [-0.1, -0.05) is 108 Å². The minimum Gasteiger partial charge on any atom is -0.759 e. The van der Waals surface area contributed by atoms with E-state index in [4.69, 9.17) is 17.5 Å². The molecular weight excluding hydrogens is 549 g/mol. The molecule has 4 rings (SSSR count). The number of hydrogen-bond acceptors (Lipinski definition) is 6. The molecule has 0 bridgehead atoms. The monoisotopic (exact) mass is 580 g/mol. The number of rotatable bonds is 8. The van der Waals surface area contributed by atoms with Crippen molar-refractivity contribution in [2.75, 3.05) is 11.5 Å². The first-order chi connectivity index (χ1) is 18.7. The van der Waals surface area contributed by atoms with Crippen molar-refractivity contribution in [2.45, 2.75) is 10.1 Å². The second-order valence-electron chi connectivity index (χ2n) is 7.96. The quantitative estimate of drug-likeness (QED) is 0.122. The lowest BCUT2D eigenvalue weighted by molar-refractivity contribution is -0.708. The average Bonchev–Trinajstić information content (AvgIpc) is 2.92. The molecule has 0 saturated heterocycles. The molecule has 2 heterocycles. The Morgan fingerprint density at radius 3 is 1.28 bits per heavy atom. The fraction of sp³-hybridized carbons (Fsp3) is 0.133. The Morgan fingerprint density at radius 1 is 0.615 bits per heavy atom. The molecule has 2 aromatic heterocycles. The van der Waals surface area contributed by atoms with Gasteiger partial charge >= 0.3 is 0 Å². The summed E-state index contributed by atoms with van der Waals surface area (Å²) in [6, 6.07) is 33.3. The summed E-state index contributed by atoms with van der Waals surface area (Å²) in [7, 11) is -1.02. The summed E-state index contributed by atoms with van der Waals surface area (Å²) in [5, 5.41) is 2.57. The molecule has 0 atom stereocenters. The Labute approximate surface area is 240 Å². The first-order valence-electron chi connectivity index (χ1n) is 12.0. The molecule has 0 fully saturated rings. The van der Waals surface area contributed by atoms with E-state index in [1.54, 1.807) is 0 Å². The largest absolute Gasteiger partial charge is 0.759 e. The van der Waals surface area contributed by atoms with E-state index in [1.807, 2.05) is 47.8 Å². The third kappa shape index (κ3) is 15.7. The van der Waals surface area contributed by atoms with Crippen LogP contribution in [0.25, 0.3) is 12.2 Å². The van der Waals surface area contributed by atoms with Crippen molar-refractivity contribution in [1.29, 1.82) is 0 Å². The molecular formula is C30H32N2O4S3. The van der Waals surface area contributed by atoms with E-state index in [0.717, 1.165) is 11.5 Å². The topological polar surface area (TPSA) is 88.0 Å². The molecule has 4 aromatic rings. The zero-order chi connectivity index (χ0) is 28.3. The van der Waals surface area contributed by atoms with Crippen LogP contribution in [0.2, 0.25) is 0 Å². The second-order valence-corrected chi connectivity index (χ2v) is 10.9. The van der Waals surface area contributed by atoms with Crippen LogP contribution in [0, 0.1) is 0 Å². The van der Waals surface area contributed by atoms with Crippen molar-refractivity contribution in [2.24, 2.45) is 14.1 Å². The van der Waals surface area contributed by atoms with Gasteiger partial charge in [-0.3, -0.25) is 8.42 Å². The standard InChI is InChI=1S/2C15H16NS.H2O4S/c2*1-16-12-6-5-11-15(16)17-13-7-10-14-8-3-2-4-9-14;1-5(2,3)4/h2*2-12H,13H2,1H3;(H2,1,2,3,4)/q2*+1;/p-2. The third-order valence-corrected chi connectivity index (χ3v) is 7.05. The Hall–Kier alpha value is -3.21. The maximum Gasteiger partial charge on any atom is 0.240 e. The highest BCUT2D eigenvalue weighted by atomic mass is 32.3. The summed E-state index contributed by atoms with van der Waals surface area (Å²) in [6.07, 6.45) is 12.9. The van der Waals surface area contributed by atoms with Crippen LogP contribution in [0.1, 0.15) is 11.1 Å². The Morgan fingerprint density at radius 2 is 0.949 bits per heavy atom. The highest BCUT2D eigenvalue weighted by Gasteiger charge is 2.03. The van der Waals surface area contributed by atoms with Gasteiger partial charge in [-0.05, 0) is 23.3 Å². The van der Waals surface area contributed by atoms with Crippen molar-refractivity contribution < 1.29 is 26.7 Å². The van der Waals surface area contributed by atoms with Crippen molar-refractivity contribution >= 4 is 46.1 Å². The van der Waals surface area contributed by atoms with Crippen LogP contribution in [0.3, 0.4) is 0 Å². The SMILES string of the molecule is C[n+]1ccccc1SCC=Cc1ccccc1.C[n+]1ccccc1SCC=Cc1ccccc1.O=S(=O)([O-])[O-]. The lowest BCUT2D eigenvalue weighted by Gasteiger charge is -2.06. The first kappa shape index (κ1) is 32.0. The fourth-order valence-corrected chi connectivity index (χ4v) is 4.68. The van der Waals surface area contributed by atoms with E-state index in [1.165, 1.54) is 21.2 Å². The van der Waals surface area contributed by atoms with Gasteiger partial charge in [0.2, 0.25) is 10.1 Å². The average molecular weight is 581 g/mol. The van der Waals surface area contributed by atoms with Crippen molar-refractivity contribution in [3.8, 4) is 0 Å². The molecule has 6 nitrogen and oxygen atoms in total. The summed E-state index contributed by atoms with van der Waals surface area (Å²) in [5.41, 5.74) is 2.51. The first-order valence-corrected chi connectivity index (χ1v) is 15.3. The van der Waals surface area contributed by atoms with E-state index in [-0.39, 0.29) is 0 Å². The van der Waals surface area contributed by atoms with Gasteiger partial charge in [0, 0.05) is 46.2 Å². The van der Waals surface area contributed by atoms with Gasteiger partial charge in [-0.2, -0.15) is 9.13 Å². The zero-order valence-electron chi connectivity index (χ0n) is 21.9. The van der Waals surface area contributed by atoms with Crippen molar-refractivity contribution in [3.05, 3.63) is 133 Å². The molecule has 2 aromatic carbocycles.